The van der Waals surface area contributed by atoms with E-state index < -0.39 is 0 Å². The lowest BCUT2D eigenvalue weighted by Crippen LogP contribution is -1.83. The van der Waals surface area contributed by atoms with Crippen molar-refractivity contribution in [2.75, 3.05) is 0 Å². The molecule has 0 spiro atoms. The van der Waals surface area contributed by atoms with E-state index in [4.69, 9.17) is 4.52 Å². The summed E-state index contributed by atoms with van der Waals surface area (Å²) in [6.45, 7) is 0. The van der Waals surface area contributed by atoms with Crippen molar-refractivity contribution in [2.45, 2.75) is 0 Å². The molecule has 4 nitrogen and oxygen atoms in total. The van der Waals surface area contributed by atoms with E-state index in [1.54, 1.807) is 6.08 Å². The highest BCUT2D eigenvalue weighted by atomic mass is 79.9. The van der Waals surface area contributed by atoms with E-state index in [0.29, 0.717) is 11.4 Å². The largest absolute Gasteiger partial charge is 0.333 e. The number of nitrogens with zero attached hydrogens (tertiary/aromatic N) is 3. The molecule has 0 amide bonds. The highest BCUT2D eigenvalue weighted by molar-refractivity contribution is 9.10. The molecule has 6 heteroatoms. The molecule has 0 saturated carbocycles. The second-order valence-electron chi connectivity index (χ2n) is 4.13. The maximum Gasteiger partial charge on any atom is 0.268 e. The number of thiophene rings is 1. The van der Waals surface area contributed by atoms with Gasteiger partial charge in [-0.2, -0.15) is 10.2 Å². The second kappa shape index (κ2) is 6.04. The third-order valence-electron chi connectivity index (χ3n) is 2.68. The van der Waals surface area contributed by atoms with Gasteiger partial charge in [-0.25, -0.2) is 0 Å². The zero-order valence-corrected chi connectivity index (χ0v) is 13.1. The molecule has 0 unspecified atom stereocenters. The standard InChI is InChI=1S/C15H8BrN3OS/c16-12-4-1-3-10(8-12)7-11(9-17)15-18-14(19-20-15)13-5-2-6-21-13/h1-8H/b11-7+. The Morgan fingerprint density at radius 1 is 1.33 bits per heavy atom. The molecule has 2 aromatic heterocycles. The first kappa shape index (κ1) is 13.7. The summed E-state index contributed by atoms with van der Waals surface area (Å²) in [5, 5.41) is 15.1. The van der Waals surface area contributed by atoms with Crippen LogP contribution < -0.4 is 0 Å². The number of rotatable bonds is 3. The summed E-state index contributed by atoms with van der Waals surface area (Å²) in [4.78, 5) is 5.18. The maximum atomic E-state index is 9.29. The lowest BCUT2D eigenvalue weighted by Gasteiger charge is -1.95. The van der Waals surface area contributed by atoms with Gasteiger partial charge in [-0.3, -0.25) is 0 Å². The molecule has 0 aliphatic carbocycles. The van der Waals surface area contributed by atoms with Crippen molar-refractivity contribution in [3.63, 3.8) is 0 Å². The van der Waals surface area contributed by atoms with Gasteiger partial charge in [-0.1, -0.05) is 39.3 Å². The van der Waals surface area contributed by atoms with Crippen LogP contribution in [0.15, 0.2) is 50.8 Å². The van der Waals surface area contributed by atoms with Crippen molar-refractivity contribution in [3.05, 3.63) is 57.7 Å². The number of allylic oxidation sites excluding steroid dienone is 1. The van der Waals surface area contributed by atoms with Crippen LogP contribution in [0.25, 0.3) is 22.4 Å². The van der Waals surface area contributed by atoms with E-state index >= 15 is 0 Å². The molecule has 1 aromatic carbocycles. The van der Waals surface area contributed by atoms with Crippen LogP contribution in [0.4, 0.5) is 0 Å². The smallest absolute Gasteiger partial charge is 0.268 e. The lowest BCUT2D eigenvalue weighted by molar-refractivity contribution is 0.409. The molecule has 0 aliphatic rings. The number of nitriles is 1. The van der Waals surface area contributed by atoms with Crippen molar-refractivity contribution < 1.29 is 4.52 Å². The molecule has 0 atom stereocenters. The van der Waals surface area contributed by atoms with E-state index in [0.717, 1.165) is 14.9 Å². The summed E-state index contributed by atoms with van der Waals surface area (Å²) >= 11 is 4.92. The molecule has 0 aliphatic heterocycles. The Kier molecular flexibility index (Phi) is 3.95. The number of halogens is 1. The van der Waals surface area contributed by atoms with Gasteiger partial charge in [-0.05, 0) is 35.2 Å². The second-order valence-corrected chi connectivity index (χ2v) is 5.99. The van der Waals surface area contributed by atoms with Gasteiger partial charge in [0.15, 0.2) is 0 Å². The molecule has 2 heterocycles. The van der Waals surface area contributed by atoms with Gasteiger partial charge in [0.25, 0.3) is 5.89 Å². The maximum absolute atomic E-state index is 9.29. The van der Waals surface area contributed by atoms with Crippen molar-refractivity contribution >= 4 is 38.9 Å². The fraction of sp³-hybridized carbons (Fsp3) is 0. The van der Waals surface area contributed by atoms with Gasteiger partial charge in [0, 0.05) is 4.47 Å². The Morgan fingerprint density at radius 3 is 2.95 bits per heavy atom. The van der Waals surface area contributed by atoms with Crippen molar-refractivity contribution in [1.29, 1.82) is 5.26 Å². The Morgan fingerprint density at radius 2 is 2.24 bits per heavy atom. The van der Waals surface area contributed by atoms with Gasteiger partial charge in [0.2, 0.25) is 5.82 Å². The summed E-state index contributed by atoms with van der Waals surface area (Å²) in [5.41, 5.74) is 1.22. The minimum absolute atomic E-state index is 0.223. The normalized spacial score (nSPS) is 11.3. The highest BCUT2D eigenvalue weighted by Crippen LogP contribution is 2.24. The fourth-order valence-corrected chi connectivity index (χ4v) is 2.81. The molecule has 0 saturated heterocycles. The van der Waals surface area contributed by atoms with E-state index in [-0.39, 0.29) is 5.89 Å². The Hall–Kier alpha value is -2.23. The van der Waals surface area contributed by atoms with E-state index in [2.05, 4.69) is 32.1 Å². The van der Waals surface area contributed by atoms with Crippen molar-refractivity contribution in [1.82, 2.24) is 10.1 Å². The predicted molar refractivity (Wildman–Crippen MR) is 85.2 cm³/mol. The van der Waals surface area contributed by atoms with Gasteiger partial charge in [-0.15, -0.1) is 11.3 Å². The average Bonchev–Trinajstić information content (AvgIpc) is 3.15. The molecule has 0 bridgehead atoms. The first-order valence-corrected chi connectivity index (χ1v) is 7.69. The molecule has 0 radical (unpaired) electrons. The highest BCUT2D eigenvalue weighted by Gasteiger charge is 2.13. The van der Waals surface area contributed by atoms with Gasteiger partial charge in [0.1, 0.15) is 11.6 Å². The van der Waals surface area contributed by atoms with Crippen LogP contribution in [0.3, 0.4) is 0 Å². The van der Waals surface area contributed by atoms with E-state index in [1.165, 1.54) is 11.3 Å². The molecular weight excluding hydrogens is 350 g/mol. The molecule has 0 N–H and O–H groups in total. The van der Waals surface area contributed by atoms with Crippen LogP contribution in [-0.4, -0.2) is 10.1 Å². The zero-order chi connectivity index (χ0) is 14.7. The molecule has 102 valence electrons. The van der Waals surface area contributed by atoms with Crippen LogP contribution in [-0.2, 0) is 0 Å². The minimum Gasteiger partial charge on any atom is -0.333 e. The van der Waals surface area contributed by atoms with Crippen molar-refractivity contribution in [2.24, 2.45) is 0 Å². The Balaban J connectivity index is 1.96. The number of aromatic nitrogens is 2. The third-order valence-corrected chi connectivity index (χ3v) is 4.04. The molecule has 3 rings (SSSR count). The zero-order valence-electron chi connectivity index (χ0n) is 10.7. The van der Waals surface area contributed by atoms with Crippen LogP contribution in [0.1, 0.15) is 11.5 Å². The molecule has 21 heavy (non-hydrogen) atoms. The third kappa shape index (κ3) is 3.10. The Labute approximate surface area is 133 Å². The summed E-state index contributed by atoms with van der Waals surface area (Å²) in [6.07, 6.45) is 1.72. The molecular formula is C15H8BrN3OS. The number of hydrogen-bond donors (Lipinski definition) is 0. The van der Waals surface area contributed by atoms with Gasteiger partial charge >= 0.3 is 0 Å². The first-order valence-electron chi connectivity index (χ1n) is 6.01. The summed E-state index contributed by atoms with van der Waals surface area (Å²) in [6, 6.07) is 13.6. The predicted octanol–water partition coefficient (Wildman–Crippen LogP) is 4.62. The number of benzene rings is 1. The monoisotopic (exact) mass is 357 g/mol. The Bertz CT molecular complexity index is 831. The van der Waals surface area contributed by atoms with Crippen LogP contribution in [0, 0.1) is 11.3 Å². The summed E-state index contributed by atoms with van der Waals surface area (Å²) in [7, 11) is 0. The van der Waals surface area contributed by atoms with Gasteiger partial charge < -0.3 is 4.52 Å². The van der Waals surface area contributed by atoms with Crippen LogP contribution in [0.5, 0.6) is 0 Å². The first-order chi connectivity index (χ1) is 10.3. The topological polar surface area (TPSA) is 62.7 Å². The number of hydrogen-bond acceptors (Lipinski definition) is 5. The summed E-state index contributed by atoms with van der Waals surface area (Å²) < 4.78 is 6.13. The summed E-state index contributed by atoms with van der Waals surface area (Å²) in [5.74, 6) is 0.719. The van der Waals surface area contributed by atoms with Crippen LogP contribution >= 0.6 is 27.3 Å². The average molecular weight is 358 g/mol. The van der Waals surface area contributed by atoms with E-state index in [1.807, 2.05) is 41.8 Å². The lowest BCUT2D eigenvalue weighted by atomic mass is 10.1. The van der Waals surface area contributed by atoms with E-state index in [9.17, 15) is 5.26 Å². The molecule has 3 aromatic rings. The minimum atomic E-state index is 0.223. The SMILES string of the molecule is N#C/C(=C\c1cccc(Br)c1)c1nc(-c2cccs2)no1. The quantitative estimate of drug-likeness (QED) is 0.641. The van der Waals surface area contributed by atoms with Crippen molar-refractivity contribution in [3.8, 4) is 16.8 Å². The van der Waals surface area contributed by atoms with Gasteiger partial charge in [0.05, 0.1) is 4.88 Å². The fourth-order valence-electron chi connectivity index (χ4n) is 1.74. The molecule has 0 fully saturated rings. The van der Waals surface area contributed by atoms with Crippen LogP contribution in [0.2, 0.25) is 0 Å².